The van der Waals surface area contributed by atoms with Crippen LogP contribution >= 0.6 is 0 Å². The van der Waals surface area contributed by atoms with Gasteiger partial charge in [0.05, 0.1) is 6.10 Å². The minimum absolute atomic E-state index is 0.170. The van der Waals surface area contributed by atoms with E-state index in [9.17, 15) is 5.11 Å². The summed E-state index contributed by atoms with van der Waals surface area (Å²) in [6, 6.07) is 3.96. The summed E-state index contributed by atoms with van der Waals surface area (Å²) in [5, 5.41) is 13.6. The van der Waals surface area contributed by atoms with E-state index in [1.807, 2.05) is 12.1 Å². The largest absolute Gasteiger partial charge is 0.393 e. The van der Waals surface area contributed by atoms with Gasteiger partial charge in [-0.25, -0.2) is 0 Å². The van der Waals surface area contributed by atoms with Crippen LogP contribution in [0.15, 0.2) is 22.9 Å². The maximum atomic E-state index is 9.55. The van der Waals surface area contributed by atoms with Crippen LogP contribution in [-0.2, 0) is 6.42 Å². The van der Waals surface area contributed by atoms with E-state index in [0.29, 0.717) is 11.7 Å². The molecule has 0 amide bonds. The Balaban J connectivity index is 1.83. The molecular weight excluding hydrogens is 254 g/mol. The maximum Gasteiger partial charge on any atom is 0.230 e. The van der Waals surface area contributed by atoms with Gasteiger partial charge in [-0.05, 0) is 43.7 Å². The number of aryl methyl sites for hydroxylation is 1. The Morgan fingerprint density at radius 1 is 1.30 bits per heavy atom. The summed E-state index contributed by atoms with van der Waals surface area (Å²) in [7, 11) is 0. The molecule has 0 saturated heterocycles. The number of aliphatic hydroxyl groups is 1. The number of pyridine rings is 1. The van der Waals surface area contributed by atoms with Gasteiger partial charge >= 0.3 is 0 Å². The van der Waals surface area contributed by atoms with Gasteiger partial charge < -0.3 is 9.63 Å². The highest BCUT2D eigenvalue weighted by molar-refractivity contribution is 5.53. The first-order valence-corrected chi connectivity index (χ1v) is 7.24. The molecule has 2 aromatic rings. The second-order valence-electron chi connectivity index (χ2n) is 5.33. The van der Waals surface area contributed by atoms with E-state index in [2.05, 4.69) is 22.0 Å². The van der Waals surface area contributed by atoms with Gasteiger partial charge in [0.2, 0.25) is 11.7 Å². The summed E-state index contributed by atoms with van der Waals surface area (Å²) in [5.41, 5.74) is 1.93. The van der Waals surface area contributed by atoms with Gasteiger partial charge in [-0.1, -0.05) is 18.1 Å². The van der Waals surface area contributed by atoms with E-state index in [0.717, 1.165) is 43.4 Å². The SMILES string of the molecule is CCc1cccnc1-c1noc(C2CCC(O)CC2)n1. The Bertz CT molecular complexity index is 574. The summed E-state index contributed by atoms with van der Waals surface area (Å²) in [6.45, 7) is 2.09. The molecular formula is C15H19N3O2. The molecule has 0 aliphatic heterocycles. The quantitative estimate of drug-likeness (QED) is 0.930. The molecule has 0 radical (unpaired) electrons. The Kier molecular flexibility index (Phi) is 3.78. The molecule has 1 saturated carbocycles. The summed E-state index contributed by atoms with van der Waals surface area (Å²) in [4.78, 5) is 8.88. The van der Waals surface area contributed by atoms with Gasteiger partial charge in [-0.15, -0.1) is 0 Å². The Hall–Kier alpha value is -1.75. The number of nitrogens with zero attached hydrogens (tertiary/aromatic N) is 3. The van der Waals surface area contributed by atoms with Gasteiger partial charge in [0.15, 0.2) is 0 Å². The molecule has 2 heterocycles. The van der Waals surface area contributed by atoms with Crippen LogP contribution in [0.2, 0.25) is 0 Å². The van der Waals surface area contributed by atoms with Crippen LogP contribution in [0.25, 0.3) is 11.5 Å². The van der Waals surface area contributed by atoms with Crippen LogP contribution in [0.3, 0.4) is 0 Å². The lowest BCUT2D eigenvalue weighted by Crippen LogP contribution is -2.17. The smallest absolute Gasteiger partial charge is 0.230 e. The summed E-state index contributed by atoms with van der Waals surface area (Å²) < 4.78 is 5.41. The van der Waals surface area contributed by atoms with E-state index in [1.165, 1.54) is 0 Å². The fourth-order valence-electron chi connectivity index (χ4n) is 2.75. The van der Waals surface area contributed by atoms with Gasteiger partial charge in [-0.3, -0.25) is 4.98 Å². The molecule has 5 heteroatoms. The van der Waals surface area contributed by atoms with Crippen LogP contribution < -0.4 is 0 Å². The molecule has 3 rings (SSSR count). The molecule has 2 aromatic heterocycles. The fraction of sp³-hybridized carbons (Fsp3) is 0.533. The topological polar surface area (TPSA) is 72.0 Å². The third-order valence-electron chi connectivity index (χ3n) is 3.97. The zero-order valence-corrected chi connectivity index (χ0v) is 11.6. The van der Waals surface area contributed by atoms with Crippen LogP contribution in [0.4, 0.5) is 0 Å². The van der Waals surface area contributed by atoms with Crippen molar-refractivity contribution < 1.29 is 9.63 Å². The highest BCUT2D eigenvalue weighted by Crippen LogP contribution is 2.32. The predicted molar refractivity (Wildman–Crippen MR) is 74.1 cm³/mol. The zero-order chi connectivity index (χ0) is 13.9. The van der Waals surface area contributed by atoms with Gasteiger partial charge in [0.25, 0.3) is 0 Å². The van der Waals surface area contributed by atoms with Crippen molar-refractivity contribution in [3.63, 3.8) is 0 Å². The average Bonchev–Trinajstić information content (AvgIpc) is 2.97. The summed E-state index contributed by atoms with van der Waals surface area (Å²) >= 11 is 0. The molecule has 0 aromatic carbocycles. The number of rotatable bonds is 3. The third kappa shape index (κ3) is 2.58. The third-order valence-corrected chi connectivity index (χ3v) is 3.97. The van der Waals surface area contributed by atoms with Crippen molar-refractivity contribution in [3.05, 3.63) is 29.8 Å². The van der Waals surface area contributed by atoms with E-state index < -0.39 is 0 Å². The average molecular weight is 273 g/mol. The van der Waals surface area contributed by atoms with Gasteiger partial charge in [-0.2, -0.15) is 4.98 Å². The molecule has 1 fully saturated rings. The van der Waals surface area contributed by atoms with Crippen molar-refractivity contribution in [1.82, 2.24) is 15.1 Å². The van der Waals surface area contributed by atoms with Crippen molar-refractivity contribution in [3.8, 4) is 11.5 Å². The fourth-order valence-corrected chi connectivity index (χ4v) is 2.75. The Morgan fingerprint density at radius 3 is 2.85 bits per heavy atom. The second-order valence-corrected chi connectivity index (χ2v) is 5.33. The summed E-state index contributed by atoms with van der Waals surface area (Å²) in [5.74, 6) is 1.52. The molecule has 0 bridgehead atoms. The van der Waals surface area contributed by atoms with Gasteiger partial charge in [0, 0.05) is 12.1 Å². The van der Waals surface area contributed by atoms with Crippen molar-refractivity contribution in [2.75, 3.05) is 0 Å². The molecule has 1 aliphatic rings. The van der Waals surface area contributed by atoms with E-state index >= 15 is 0 Å². The zero-order valence-electron chi connectivity index (χ0n) is 11.6. The highest BCUT2D eigenvalue weighted by atomic mass is 16.5. The van der Waals surface area contributed by atoms with Crippen molar-refractivity contribution in [2.45, 2.75) is 51.0 Å². The first-order chi connectivity index (χ1) is 9.78. The van der Waals surface area contributed by atoms with Crippen LogP contribution in [0.5, 0.6) is 0 Å². The van der Waals surface area contributed by atoms with Crippen LogP contribution in [0.1, 0.15) is 50.0 Å². The predicted octanol–water partition coefficient (Wildman–Crippen LogP) is 2.71. The standard InChI is InChI=1S/C15H19N3O2/c1-2-10-4-3-9-16-13(10)14-17-15(20-18-14)11-5-7-12(19)8-6-11/h3-4,9,11-12,19H,2,5-8H2,1H3. The van der Waals surface area contributed by atoms with E-state index in [-0.39, 0.29) is 12.0 Å². The Morgan fingerprint density at radius 2 is 2.10 bits per heavy atom. The lowest BCUT2D eigenvalue weighted by atomic mass is 9.87. The minimum atomic E-state index is -0.170. The first kappa shape index (κ1) is 13.2. The Labute approximate surface area is 118 Å². The monoisotopic (exact) mass is 273 g/mol. The first-order valence-electron chi connectivity index (χ1n) is 7.24. The molecule has 0 unspecified atom stereocenters. The van der Waals surface area contributed by atoms with Crippen molar-refractivity contribution in [1.29, 1.82) is 0 Å². The molecule has 0 atom stereocenters. The van der Waals surface area contributed by atoms with E-state index in [1.54, 1.807) is 6.20 Å². The number of hydrogen-bond acceptors (Lipinski definition) is 5. The van der Waals surface area contributed by atoms with Gasteiger partial charge in [0.1, 0.15) is 5.69 Å². The minimum Gasteiger partial charge on any atom is -0.393 e. The van der Waals surface area contributed by atoms with Crippen molar-refractivity contribution in [2.24, 2.45) is 0 Å². The molecule has 5 nitrogen and oxygen atoms in total. The number of aromatic nitrogens is 3. The molecule has 1 aliphatic carbocycles. The van der Waals surface area contributed by atoms with Crippen LogP contribution in [-0.4, -0.2) is 26.3 Å². The van der Waals surface area contributed by atoms with Crippen LogP contribution in [0, 0.1) is 0 Å². The highest BCUT2D eigenvalue weighted by Gasteiger charge is 2.26. The molecule has 106 valence electrons. The number of aliphatic hydroxyl groups excluding tert-OH is 1. The summed E-state index contributed by atoms with van der Waals surface area (Å²) in [6.07, 6.45) is 5.91. The second kappa shape index (κ2) is 5.71. The molecule has 20 heavy (non-hydrogen) atoms. The lowest BCUT2D eigenvalue weighted by Gasteiger charge is -2.22. The molecule has 0 spiro atoms. The maximum absolute atomic E-state index is 9.55. The molecule has 1 N–H and O–H groups in total. The lowest BCUT2D eigenvalue weighted by molar-refractivity contribution is 0.116. The van der Waals surface area contributed by atoms with E-state index in [4.69, 9.17) is 4.52 Å². The normalized spacial score (nSPS) is 22.9. The number of hydrogen-bond donors (Lipinski definition) is 1. The van der Waals surface area contributed by atoms with Crippen molar-refractivity contribution >= 4 is 0 Å².